The van der Waals surface area contributed by atoms with Crippen molar-refractivity contribution in [2.24, 2.45) is 5.73 Å². The Hall–Kier alpha value is -0.910. The lowest BCUT2D eigenvalue weighted by molar-refractivity contribution is 0.196. The number of hydrogen-bond donors (Lipinski definition) is 2. The van der Waals surface area contributed by atoms with E-state index < -0.39 is 0 Å². The standard InChI is InChI=1S/C11H22N4O/c1-9(2)15-8-10(7-14-15)11(6-12)13-4-5-16-3/h7-9,11,13H,4-6,12H2,1-3H3. The van der Waals surface area contributed by atoms with Crippen LogP contribution < -0.4 is 11.1 Å². The Balaban J connectivity index is 2.56. The first-order valence-electron chi connectivity index (χ1n) is 5.65. The zero-order valence-corrected chi connectivity index (χ0v) is 10.3. The molecule has 0 bridgehead atoms. The maximum Gasteiger partial charge on any atom is 0.0587 e. The van der Waals surface area contributed by atoms with Gasteiger partial charge in [0.2, 0.25) is 0 Å². The summed E-state index contributed by atoms with van der Waals surface area (Å²) in [6, 6.07) is 0.536. The highest BCUT2D eigenvalue weighted by Crippen LogP contribution is 2.12. The number of nitrogens with two attached hydrogens (primary N) is 1. The second-order valence-corrected chi connectivity index (χ2v) is 4.08. The molecule has 1 rings (SSSR count). The van der Waals surface area contributed by atoms with Crippen LogP contribution in [0.25, 0.3) is 0 Å². The number of aromatic nitrogens is 2. The van der Waals surface area contributed by atoms with E-state index in [2.05, 4.69) is 24.3 Å². The van der Waals surface area contributed by atoms with Crippen molar-refractivity contribution in [3.63, 3.8) is 0 Å². The molecule has 0 aliphatic rings. The van der Waals surface area contributed by atoms with Gasteiger partial charge in [0, 0.05) is 44.0 Å². The summed E-state index contributed by atoms with van der Waals surface area (Å²) in [7, 11) is 1.69. The van der Waals surface area contributed by atoms with Gasteiger partial charge >= 0.3 is 0 Å². The minimum atomic E-state index is 0.155. The number of methoxy groups -OCH3 is 1. The van der Waals surface area contributed by atoms with E-state index in [0.717, 1.165) is 12.1 Å². The Morgan fingerprint density at radius 2 is 2.31 bits per heavy atom. The molecule has 1 heterocycles. The molecule has 5 heteroatoms. The molecule has 1 atom stereocenters. The third-order valence-electron chi connectivity index (χ3n) is 2.49. The lowest BCUT2D eigenvalue weighted by atomic mass is 10.1. The van der Waals surface area contributed by atoms with E-state index in [9.17, 15) is 0 Å². The molecule has 16 heavy (non-hydrogen) atoms. The molecule has 0 saturated carbocycles. The van der Waals surface area contributed by atoms with Crippen molar-refractivity contribution in [3.05, 3.63) is 18.0 Å². The molecule has 5 nitrogen and oxygen atoms in total. The van der Waals surface area contributed by atoms with E-state index in [-0.39, 0.29) is 6.04 Å². The molecule has 3 N–H and O–H groups in total. The Morgan fingerprint density at radius 3 is 2.81 bits per heavy atom. The van der Waals surface area contributed by atoms with E-state index >= 15 is 0 Å². The van der Waals surface area contributed by atoms with Crippen LogP contribution in [0.4, 0.5) is 0 Å². The van der Waals surface area contributed by atoms with Crippen molar-refractivity contribution < 1.29 is 4.74 Å². The second-order valence-electron chi connectivity index (χ2n) is 4.08. The van der Waals surface area contributed by atoms with Crippen LogP contribution in [-0.2, 0) is 4.74 Å². The van der Waals surface area contributed by atoms with Gasteiger partial charge < -0.3 is 15.8 Å². The van der Waals surface area contributed by atoms with Crippen LogP contribution in [0.5, 0.6) is 0 Å². The van der Waals surface area contributed by atoms with E-state index in [0.29, 0.717) is 19.2 Å². The van der Waals surface area contributed by atoms with Crippen LogP contribution in [0.3, 0.4) is 0 Å². The van der Waals surface area contributed by atoms with Crippen molar-refractivity contribution in [3.8, 4) is 0 Å². The summed E-state index contributed by atoms with van der Waals surface area (Å²) in [6.07, 6.45) is 3.92. The summed E-state index contributed by atoms with van der Waals surface area (Å²) in [5.41, 5.74) is 6.86. The molecular weight excluding hydrogens is 204 g/mol. The highest BCUT2D eigenvalue weighted by molar-refractivity contribution is 5.11. The van der Waals surface area contributed by atoms with Crippen LogP contribution >= 0.6 is 0 Å². The summed E-state index contributed by atoms with van der Waals surface area (Å²) >= 11 is 0. The minimum Gasteiger partial charge on any atom is -0.383 e. The maximum absolute atomic E-state index is 5.73. The lowest BCUT2D eigenvalue weighted by Crippen LogP contribution is -2.30. The average molecular weight is 226 g/mol. The van der Waals surface area contributed by atoms with E-state index in [1.165, 1.54) is 0 Å². The van der Waals surface area contributed by atoms with Crippen LogP contribution in [-0.4, -0.2) is 36.6 Å². The molecule has 0 radical (unpaired) electrons. The number of ether oxygens (including phenoxy) is 1. The first-order chi connectivity index (χ1) is 7.69. The molecule has 0 fully saturated rings. The van der Waals surface area contributed by atoms with Gasteiger partial charge in [0.1, 0.15) is 0 Å². The second kappa shape index (κ2) is 6.62. The minimum absolute atomic E-state index is 0.155. The van der Waals surface area contributed by atoms with Gasteiger partial charge in [-0.3, -0.25) is 4.68 Å². The van der Waals surface area contributed by atoms with Crippen LogP contribution in [0.2, 0.25) is 0 Å². The molecule has 0 saturated heterocycles. The first kappa shape index (κ1) is 13.2. The number of nitrogens with zero attached hydrogens (tertiary/aromatic N) is 2. The molecule has 0 aromatic carbocycles. The zero-order valence-electron chi connectivity index (χ0n) is 10.3. The van der Waals surface area contributed by atoms with Gasteiger partial charge in [-0.25, -0.2) is 0 Å². The summed E-state index contributed by atoms with van der Waals surface area (Å²) in [6.45, 7) is 6.26. The van der Waals surface area contributed by atoms with E-state index in [4.69, 9.17) is 10.5 Å². The maximum atomic E-state index is 5.73. The third kappa shape index (κ3) is 3.59. The molecule has 0 amide bonds. The number of rotatable bonds is 7. The summed E-state index contributed by atoms with van der Waals surface area (Å²) in [5.74, 6) is 0. The van der Waals surface area contributed by atoms with Gasteiger partial charge in [-0.15, -0.1) is 0 Å². The van der Waals surface area contributed by atoms with Crippen LogP contribution in [0.15, 0.2) is 12.4 Å². The van der Waals surface area contributed by atoms with Crippen LogP contribution in [0, 0.1) is 0 Å². The largest absolute Gasteiger partial charge is 0.383 e. The normalized spacial score (nSPS) is 13.3. The van der Waals surface area contributed by atoms with Gasteiger partial charge in [-0.2, -0.15) is 5.10 Å². The summed E-state index contributed by atoms with van der Waals surface area (Å²) in [4.78, 5) is 0. The molecule has 92 valence electrons. The fraction of sp³-hybridized carbons (Fsp3) is 0.727. The lowest BCUT2D eigenvalue weighted by Gasteiger charge is -2.14. The molecule has 0 spiro atoms. The molecular formula is C11H22N4O. The quantitative estimate of drug-likeness (QED) is 0.672. The monoisotopic (exact) mass is 226 g/mol. The van der Waals surface area contributed by atoms with Crippen molar-refractivity contribution in [2.75, 3.05) is 26.8 Å². The van der Waals surface area contributed by atoms with Crippen LogP contribution in [0.1, 0.15) is 31.5 Å². The first-order valence-corrected chi connectivity index (χ1v) is 5.65. The molecule has 1 aromatic rings. The predicted molar refractivity (Wildman–Crippen MR) is 64.3 cm³/mol. The highest BCUT2D eigenvalue weighted by atomic mass is 16.5. The Labute approximate surface area is 97.0 Å². The molecule has 0 aliphatic carbocycles. The zero-order chi connectivity index (χ0) is 12.0. The van der Waals surface area contributed by atoms with Crippen molar-refractivity contribution in [1.29, 1.82) is 0 Å². The van der Waals surface area contributed by atoms with Gasteiger partial charge in [0.05, 0.1) is 12.8 Å². The fourth-order valence-corrected chi connectivity index (χ4v) is 1.49. The Morgan fingerprint density at radius 1 is 1.56 bits per heavy atom. The Kier molecular flexibility index (Phi) is 5.45. The molecule has 1 unspecified atom stereocenters. The summed E-state index contributed by atoms with van der Waals surface area (Å²) < 4.78 is 6.93. The van der Waals surface area contributed by atoms with Gasteiger partial charge in [0.25, 0.3) is 0 Å². The number of hydrogen-bond acceptors (Lipinski definition) is 4. The topological polar surface area (TPSA) is 65.1 Å². The van der Waals surface area contributed by atoms with Crippen molar-refractivity contribution >= 4 is 0 Å². The van der Waals surface area contributed by atoms with Gasteiger partial charge in [0.15, 0.2) is 0 Å². The summed E-state index contributed by atoms with van der Waals surface area (Å²) in [5, 5.41) is 7.64. The van der Waals surface area contributed by atoms with Crippen molar-refractivity contribution in [1.82, 2.24) is 15.1 Å². The van der Waals surface area contributed by atoms with E-state index in [1.54, 1.807) is 7.11 Å². The average Bonchev–Trinajstić information content (AvgIpc) is 2.74. The molecule has 0 aliphatic heterocycles. The third-order valence-corrected chi connectivity index (χ3v) is 2.49. The number of nitrogens with one attached hydrogen (secondary N) is 1. The SMILES string of the molecule is COCCNC(CN)c1cnn(C(C)C)c1. The molecule has 1 aromatic heterocycles. The highest BCUT2D eigenvalue weighted by Gasteiger charge is 2.11. The smallest absolute Gasteiger partial charge is 0.0587 e. The van der Waals surface area contributed by atoms with Crippen molar-refractivity contribution in [2.45, 2.75) is 25.9 Å². The Bertz CT molecular complexity index is 298. The predicted octanol–water partition coefficient (Wildman–Crippen LogP) is 0.700. The van der Waals surface area contributed by atoms with Gasteiger partial charge in [-0.1, -0.05) is 0 Å². The van der Waals surface area contributed by atoms with Gasteiger partial charge in [-0.05, 0) is 13.8 Å². The van der Waals surface area contributed by atoms with E-state index in [1.807, 2.05) is 17.1 Å². The fourth-order valence-electron chi connectivity index (χ4n) is 1.49.